The summed E-state index contributed by atoms with van der Waals surface area (Å²) in [5, 5.41) is 3.44. The molecule has 1 heterocycles. The Morgan fingerprint density at radius 2 is 1.78 bits per heavy atom. The normalized spacial score (nSPS) is 12.7. The van der Waals surface area contributed by atoms with Crippen molar-refractivity contribution in [2.24, 2.45) is 0 Å². The van der Waals surface area contributed by atoms with E-state index in [1.54, 1.807) is 0 Å². The number of rotatable bonds is 4. The van der Waals surface area contributed by atoms with Crippen molar-refractivity contribution < 1.29 is 0 Å². The highest BCUT2D eigenvalue weighted by Crippen LogP contribution is 2.29. The Bertz CT molecular complexity index is 507. The van der Waals surface area contributed by atoms with E-state index in [0.29, 0.717) is 6.04 Å². The number of hydrogen-bond donors (Lipinski definition) is 1. The van der Waals surface area contributed by atoms with Crippen molar-refractivity contribution in [3.05, 3.63) is 56.8 Å². The van der Waals surface area contributed by atoms with Crippen molar-refractivity contribution >= 4 is 11.3 Å². The van der Waals surface area contributed by atoms with Gasteiger partial charge in [-0.2, -0.15) is 0 Å². The molecule has 0 amide bonds. The predicted octanol–water partition coefficient (Wildman–Crippen LogP) is 4.24. The lowest BCUT2D eigenvalue weighted by atomic mass is 10.0. The molecule has 2 heteroatoms. The molecule has 2 rings (SSSR count). The first-order valence-electron chi connectivity index (χ1n) is 6.48. The quantitative estimate of drug-likeness (QED) is 0.866. The average Bonchev–Trinajstić information content (AvgIpc) is 2.77. The maximum atomic E-state index is 3.44. The molecular formula is C16H21NS. The van der Waals surface area contributed by atoms with E-state index < -0.39 is 0 Å². The second-order valence-corrected chi connectivity index (χ2v) is 6.00. The third-order valence-electron chi connectivity index (χ3n) is 3.18. The Morgan fingerprint density at radius 1 is 1.11 bits per heavy atom. The number of aryl methyl sites for hydroxylation is 3. The molecule has 1 aromatic carbocycles. The summed E-state index contributed by atoms with van der Waals surface area (Å²) in [7, 11) is 2.04. The highest BCUT2D eigenvalue weighted by Gasteiger charge is 2.14. The largest absolute Gasteiger partial charge is 0.309 e. The lowest BCUT2D eigenvalue weighted by Gasteiger charge is -2.16. The second-order valence-electron chi connectivity index (χ2n) is 4.80. The molecular weight excluding hydrogens is 238 g/mol. The van der Waals surface area contributed by atoms with Crippen LogP contribution in [0.1, 0.15) is 39.4 Å². The molecule has 0 aliphatic heterocycles. The SMILES string of the molecule is CCc1ccc(C(NC)c2cc(C)cc(C)c2)s1. The van der Waals surface area contributed by atoms with Gasteiger partial charge in [-0.1, -0.05) is 36.2 Å². The molecule has 96 valence electrons. The van der Waals surface area contributed by atoms with Gasteiger partial charge in [0.25, 0.3) is 0 Å². The fraction of sp³-hybridized carbons (Fsp3) is 0.375. The summed E-state index contributed by atoms with van der Waals surface area (Å²) in [6.07, 6.45) is 1.12. The van der Waals surface area contributed by atoms with Crippen LogP contribution in [0.3, 0.4) is 0 Å². The van der Waals surface area contributed by atoms with Crippen molar-refractivity contribution in [2.75, 3.05) is 7.05 Å². The second kappa shape index (κ2) is 5.68. The van der Waals surface area contributed by atoms with Crippen LogP contribution < -0.4 is 5.32 Å². The fourth-order valence-corrected chi connectivity index (χ4v) is 3.48. The van der Waals surface area contributed by atoms with Crippen molar-refractivity contribution in [3.8, 4) is 0 Å². The average molecular weight is 259 g/mol. The molecule has 1 unspecified atom stereocenters. The minimum atomic E-state index is 0.314. The van der Waals surface area contributed by atoms with Gasteiger partial charge in [-0.25, -0.2) is 0 Å². The van der Waals surface area contributed by atoms with Gasteiger partial charge in [0.2, 0.25) is 0 Å². The zero-order valence-electron chi connectivity index (χ0n) is 11.6. The highest BCUT2D eigenvalue weighted by atomic mass is 32.1. The van der Waals surface area contributed by atoms with E-state index >= 15 is 0 Å². The molecule has 1 aromatic heterocycles. The number of nitrogens with one attached hydrogen (secondary N) is 1. The van der Waals surface area contributed by atoms with E-state index in [4.69, 9.17) is 0 Å². The van der Waals surface area contributed by atoms with E-state index in [0.717, 1.165) is 6.42 Å². The Kier molecular flexibility index (Phi) is 4.20. The van der Waals surface area contributed by atoms with Gasteiger partial charge in [-0.15, -0.1) is 11.3 Å². The van der Waals surface area contributed by atoms with Crippen LogP contribution in [0.25, 0.3) is 0 Å². The smallest absolute Gasteiger partial charge is 0.0668 e. The van der Waals surface area contributed by atoms with E-state index in [-0.39, 0.29) is 0 Å². The van der Waals surface area contributed by atoms with Crippen LogP contribution >= 0.6 is 11.3 Å². The molecule has 1 atom stereocenters. The molecule has 0 bridgehead atoms. The number of thiophene rings is 1. The third-order valence-corrected chi connectivity index (χ3v) is 4.48. The van der Waals surface area contributed by atoms with Gasteiger partial charge < -0.3 is 5.32 Å². The third kappa shape index (κ3) is 2.82. The van der Waals surface area contributed by atoms with Gasteiger partial charge >= 0.3 is 0 Å². The van der Waals surface area contributed by atoms with Crippen molar-refractivity contribution in [1.82, 2.24) is 5.32 Å². The molecule has 1 N–H and O–H groups in total. The summed E-state index contributed by atoms with van der Waals surface area (Å²) < 4.78 is 0. The fourth-order valence-electron chi connectivity index (χ4n) is 2.39. The van der Waals surface area contributed by atoms with Crippen LogP contribution in [0, 0.1) is 13.8 Å². The first-order chi connectivity index (χ1) is 8.63. The maximum absolute atomic E-state index is 3.44. The van der Waals surface area contributed by atoms with E-state index in [1.807, 2.05) is 18.4 Å². The van der Waals surface area contributed by atoms with Gasteiger partial charge in [0.1, 0.15) is 0 Å². The van der Waals surface area contributed by atoms with Crippen LogP contribution in [0.4, 0.5) is 0 Å². The standard InChI is InChI=1S/C16H21NS/c1-5-14-6-7-15(18-14)16(17-4)13-9-11(2)8-12(3)10-13/h6-10,16-17H,5H2,1-4H3. The van der Waals surface area contributed by atoms with E-state index in [9.17, 15) is 0 Å². The summed E-state index contributed by atoms with van der Waals surface area (Å²) in [6.45, 7) is 6.53. The molecule has 18 heavy (non-hydrogen) atoms. The van der Waals surface area contributed by atoms with Crippen molar-refractivity contribution in [3.63, 3.8) is 0 Å². The van der Waals surface area contributed by atoms with Gasteiger partial charge in [-0.3, -0.25) is 0 Å². The minimum Gasteiger partial charge on any atom is -0.309 e. The monoisotopic (exact) mass is 259 g/mol. The van der Waals surface area contributed by atoms with E-state index in [1.165, 1.54) is 26.4 Å². The van der Waals surface area contributed by atoms with Crippen LogP contribution in [-0.4, -0.2) is 7.05 Å². The van der Waals surface area contributed by atoms with Crippen LogP contribution in [0.2, 0.25) is 0 Å². The van der Waals surface area contributed by atoms with Gasteiger partial charge in [0.05, 0.1) is 6.04 Å². The molecule has 0 saturated heterocycles. The molecule has 1 nitrogen and oxygen atoms in total. The predicted molar refractivity (Wildman–Crippen MR) is 80.5 cm³/mol. The van der Waals surface area contributed by atoms with Crippen molar-refractivity contribution in [1.29, 1.82) is 0 Å². The molecule has 0 aliphatic carbocycles. The number of hydrogen-bond acceptors (Lipinski definition) is 2. The van der Waals surface area contributed by atoms with E-state index in [2.05, 4.69) is 56.4 Å². The highest BCUT2D eigenvalue weighted by molar-refractivity contribution is 7.12. The Hall–Kier alpha value is -1.12. The maximum Gasteiger partial charge on any atom is 0.0668 e. The van der Waals surface area contributed by atoms with Gasteiger partial charge in [0.15, 0.2) is 0 Å². The van der Waals surface area contributed by atoms with Gasteiger partial charge in [-0.05, 0) is 45.0 Å². The first-order valence-corrected chi connectivity index (χ1v) is 7.29. The van der Waals surface area contributed by atoms with Crippen LogP contribution in [0.5, 0.6) is 0 Å². The van der Waals surface area contributed by atoms with Crippen LogP contribution in [0.15, 0.2) is 30.3 Å². The molecule has 0 spiro atoms. The lowest BCUT2D eigenvalue weighted by molar-refractivity contribution is 0.702. The minimum absolute atomic E-state index is 0.314. The summed E-state index contributed by atoms with van der Waals surface area (Å²) in [5.74, 6) is 0. The van der Waals surface area contributed by atoms with Crippen LogP contribution in [-0.2, 0) is 6.42 Å². The first kappa shape index (κ1) is 13.3. The van der Waals surface area contributed by atoms with Gasteiger partial charge in [0, 0.05) is 9.75 Å². The van der Waals surface area contributed by atoms with Crippen molar-refractivity contribution in [2.45, 2.75) is 33.2 Å². The molecule has 0 fully saturated rings. The molecule has 2 aromatic rings. The zero-order chi connectivity index (χ0) is 13.1. The molecule has 0 aliphatic rings. The summed E-state index contributed by atoms with van der Waals surface area (Å²) in [5.41, 5.74) is 4.02. The molecule has 0 radical (unpaired) electrons. The topological polar surface area (TPSA) is 12.0 Å². The summed E-state index contributed by atoms with van der Waals surface area (Å²) >= 11 is 1.91. The summed E-state index contributed by atoms with van der Waals surface area (Å²) in [4.78, 5) is 2.86. The number of benzene rings is 1. The lowest BCUT2D eigenvalue weighted by Crippen LogP contribution is -2.16. The Labute approximate surface area is 114 Å². The summed E-state index contributed by atoms with van der Waals surface area (Å²) in [6, 6.07) is 11.6. The molecule has 0 saturated carbocycles. The Morgan fingerprint density at radius 3 is 2.28 bits per heavy atom. The Balaban J connectivity index is 2.38. The zero-order valence-corrected chi connectivity index (χ0v) is 12.4.